The summed E-state index contributed by atoms with van der Waals surface area (Å²) in [6, 6.07) is 14.2. The van der Waals surface area contributed by atoms with Gasteiger partial charge in [-0.25, -0.2) is 0 Å². The highest BCUT2D eigenvalue weighted by Gasteiger charge is 2.27. The lowest BCUT2D eigenvalue weighted by molar-refractivity contribution is -0.118. The first-order valence-corrected chi connectivity index (χ1v) is 9.61. The number of carbonyl (C=O) groups is 2. The Bertz CT molecular complexity index is 1050. The maximum Gasteiger partial charge on any atom is 0.291 e. The van der Waals surface area contributed by atoms with E-state index in [1.807, 2.05) is 18.2 Å². The largest absolute Gasteiger partial charge is 0.493 e. The van der Waals surface area contributed by atoms with Crippen LogP contribution in [0.4, 0.5) is 5.69 Å². The van der Waals surface area contributed by atoms with Crippen molar-refractivity contribution in [3.8, 4) is 11.5 Å². The summed E-state index contributed by atoms with van der Waals surface area (Å²) in [7, 11) is 1.53. The van der Waals surface area contributed by atoms with Gasteiger partial charge in [0.15, 0.2) is 18.1 Å². The van der Waals surface area contributed by atoms with Crippen molar-refractivity contribution in [2.45, 2.75) is 0 Å². The Morgan fingerprint density at radius 3 is 2.50 bits per heavy atom. The number of anilines is 1. The lowest BCUT2D eigenvalue weighted by Gasteiger charge is -2.26. The normalized spacial score (nSPS) is 13.8. The van der Waals surface area contributed by atoms with Crippen LogP contribution in [0.2, 0.25) is 0 Å². The van der Waals surface area contributed by atoms with E-state index in [1.54, 1.807) is 35.2 Å². The first kappa shape index (κ1) is 19.8. The third-order valence-corrected chi connectivity index (χ3v) is 4.78. The van der Waals surface area contributed by atoms with Gasteiger partial charge in [0, 0.05) is 18.5 Å². The minimum Gasteiger partial charge on any atom is -0.493 e. The average Bonchev–Trinajstić information content (AvgIpc) is 3.16. The van der Waals surface area contributed by atoms with Gasteiger partial charge in [0.05, 0.1) is 20.3 Å². The van der Waals surface area contributed by atoms with Gasteiger partial charge in [-0.05, 0) is 24.3 Å². The van der Waals surface area contributed by atoms with Crippen LogP contribution in [0.25, 0.3) is 11.0 Å². The Morgan fingerprint density at radius 2 is 1.73 bits per heavy atom. The standard InChI is InChI=1S/C22H22N2O6/c1-27-17-8-4-5-9-18(17)29-14-19(25)23-20-15-6-2-3-7-16(15)30-21(20)22(26)24-10-12-28-13-11-24/h2-9H,10-14H2,1H3,(H,23,25). The average molecular weight is 410 g/mol. The van der Waals surface area contributed by atoms with Gasteiger partial charge in [0.1, 0.15) is 11.3 Å². The molecule has 2 heterocycles. The highest BCUT2D eigenvalue weighted by atomic mass is 16.5. The van der Waals surface area contributed by atoms with Crippen LogP contribution in [-0.2, 0) is 9.53 Å². The Kier molecular flexibility index (Phi) is 5.85. The molecule has 3 aromatic rings. The minimum atomic E-state index is -0.413. The fourth-order valence-corrected chi connectivity index (χ4v) is 3.29. The summed E-state index contributed by atoms with van der Waals surface area (Å²) in [4.78, 5) is 27.3. The number of hydrogen-bond acceptors (Lipinski definition) is 6. The van der Waals surface area contributed by atoms with Crippen molar-refractivity contribution in [2.24, 2.45) is 0 Å². The van der Waals surface area contributed by atoms with Crippen LogP contribution >= 0.6 is 0 Å². The molecule has 2 aromatic carbocycles. The molecule has 0 unspecified atom stereocenters. The molecule has 0 aliphatic carbocycles. The molecule has 1 N–H and O–H groups in total. The Labute approximate surface area is 173 Å². The highest BCUT2D eigenvalue weighted by molar-refractivity contribution is 6.11. The van der Waals surface area contributed by atoms with Gasteiger partial charge >= 0.3 is 0 Å². The van der Waals surface area contributed by atoms with Crippen LogP contribution in [0.5, 0.6) is 11.5 Å². The quantitative estimate of drug-likeness (QED) is 0.672. The molecule has 0 spiro atoms. The maximum absolute atomic E-state index is 13.0. The van der Waals surface area contributed by atoms with E-state index in [2.05, 4.69) is 5.32 Å². The van der Waals surface area contributed by atoms with Gasteiger partial charge in [-0.2, -0.15) is 0 Å². The van der Waals surface area contributed by atoms with Gasteiger partial charge in [-0.3, -0.25) is 9.59 Å². The second kappa shape index (κ2) is 8.87. The summed E-state index contributed by atoms with van der Waals surface area (Å²) in [5, 5.41) is 3.44. The zero-order valence-electron chi connectivity index (χ0n) is 16.6. The van der Waals surface area contributed by atoms with Crippen molar-refractivity contribution in [3.05, 3.63) is 54.3 Å². The highest BCUT2D eigenvalue weighted by Crippen LogP contribution is 2.32. The molecule has 1 aliphatic rings. The molecule has 8 nitrogen and oxygen atoms in total. The maximum atomic E-state index is 13.0. The molecule has 30 heavy (non-hydrogen) atoms. The molecule has 4 rings (SSSR count). The van der Waals surface area contributed by atoms with Gasteiger partial charge in [0.2, 0.25) is 5.76 Å². The molecule has 156 valence electrons. The van der Waals surface area contributed by atoms with Crippen molar-refractivity contribution in [1.82, 2.24) is 4.90 Å². The molecule has 0 atom stereocenters. The van der Waals surface area contributed by atoms with E-state index in [-0.39, 0.29) is 18.3 Å². The number of morpholine rings is 1. The molecule has 0 saturated carbocycles. The van der Waals surface area contributed by atoms with Crippen molar-refractivity contribution < 1.29 is 28.2 Å². The molecule has 2 amide bonds. The number of fused-ring (bicyclic) bond motifs is 1. The predicted octanol–water partition coefficient (Wildman–Crippen LogP) is 2.93. The summed E-state index contributed by atoms with van der Waals surface area (Å²) >= 11 is 0. The van der Waals surface area contributed by atoms with Crippen LogP contribution < -0.4 is 14.8 Å². The fraction of sp³-hybridized carbons (Fsp3) is 0.273. The number of amides is 2. The van der Waals surface area contributed by atoms with Crippen LogP contribution in [0.1, 0.15) is 10.6 Å². The molecule has 1 saturated heterocycles. The lowest BCUT2D eigenvalue weighted by atomic mass is 10.2. The zero-order chi connectivity index (χ0) is 20.9. The zero-order valence-corrected chi connectivity index (χ0v) is 16.6. The lowest BCUT2D eigenvalue weighted by Crippen LogP contribution is -2.40. The molecule has 1 fully saturated rings. The third-order valence-electron chi connectivity index (χ3n) is 4.78. The van der Waals surface area contributed by atoms with Crippen molar-refractivity contribution in [2.75, 3.05) is 45.3 Å². The van der Waals surface area contributed by atoms with Crippen molar-refractivity contribution >= 4 is 28.5 Å². The van der Waals surface area contributed by atoms with E-state index in [0.29, 0.717) is 54.5 Å². The molecule has 0 bridgehead atoms. The van der Waals surface area contributed by atoms with E-state index >= 15 is 0 Å². The van der Waals surface area contributed by atoms with Gasteiger partial charge in [0.25, 0.3) is 11.8 Å². The molecule has 8 heteroatoms. The van der Waals surface area contributed by atoms with E-state index in [4.69, 9.17) is 18.6 Å². The molecular formula is C22H22N2O6. The Hall–Kier alpha value is -3.52. The summed E-state index contributed by atoms with van der Waals surface area (Å²) in [6.07, 6.45) is 0. The molecule has 1 aliphatic heterocycles. The van der Waals surface area contributed by atoms with Gasteiger partial charge in [-0.1, -0.05) is 24.3 Å². The summed E-state index contributed by atoms with van der Waals surface area (Å²) in [6.45, 7) is 1.65. The van der Waals surface area contributed by atoms with Gasteiger partial charge in [-0.15, -0.1) is 0 Å². The van der Waals surface area contributed by atoms with Crippen molar-refractivity contribution in [1.29, 1.82) is 0 Å². The number of carbonyl (C=O) groups excluding carboxylic acids is 2. The monoisotopic (exact) mass is 410 g/mol. The summed E-state index contributed by atoms with van der Waals surface area (Å²) < 4.78 is 21.9. The first-order chi connectivity index (χ1) is 14.7. The topological polar surface area (TPSA) is 90.2 Å². The minimum absolute atomic E-state index is 0.101. The van der Waals surface area contributed by atoms with Crippen LogP contribution in [-0.4, -0.2) is 56.7 Å². The number of methoxy groups -OCH3 is 1. The first-order valence-electron chi connectivity index (χ1n) is 9.61. The van der Waals surface area contributed by atoms with Crippen LogP contribution in [0, 0.1) is 0 Å². The number of benzene rings is 2. The van der Waals surface area contributed by atoms with Gasteiger partial charge < -0.3 is 28.8 Å². The number of rotatable bonds is 6. The molecular weight excluding hydrogens is 388 g/mol. The number of nitrogens with one attached hydrogen (secondary N) is 1. The van der Waals surface area contributed by atoms with E-state index in [0.717, 1.165) is 0 Å². The van der Waals surface area contributed by atoms with Crippen molar-refractivity contribution in [3.63, 3.8) is 0 Å². The molecule has 0 radical (unpaired) electrons. The SMILES string of the molecule is COc1ccccc1OCC(=O)Nc1c(C(=O)N2CCOCC2)oc2ccccc12. The number of nitrogens with zero attached hydrogens (tertiary/aromatic N) is 1. The second-order valence-corrected chi connectivity index (χ2v) is 6.69. The number of furan rings is 1. The van der Waals surface area contributed by atoms with Crippen LogP contribution in [0.3, 0.4) is 0 Å². The summed E-state index contributed by atoms with van der Waals surface area (Å²) in [5.41, 5.74) is 0.866. The number of ether oxygens (including phenoxy) is 3. The van der Waals surface area contributed by atoms with E-state index in [9.17, 15) is 9.59 Å². The van der Waals surface area contributed by atoms with E-state index < -0.39 is 5.91 Å². The number of para-hydroxylation sites is 3. The Balaban J connectivity index is 1.55. The Morgan fingerprint density at radius 1 is 1.03 bits per heavy atom. The summed E-state index contributed by atoms with van der Waals surface area (Å²) in [5.74, 6) is 0.390. The predicted molar refractivity (Wildman–Crippen MR) is 110 cm³/mol. The molecule has 1 aromatic heterocycles. The van der Waals surface area contributed by atoms with E-state index in [1.165, 1.54) is 7.11 Å². The van der Waals surface area contributed by atoms with Crippen LogP contribution in [0.15, 0.2) is 52.9 Å². The third kappa shape index (κ3) is 4.08. The smallest absolute Gasteiger partial charge is 0.291 e. The number of hydrogen-bond donors (Lipinski definition) is 1. The fourth-order valence-electron chi connectivity index (χ4n) is 3.29. The second-order valence-electron chi connectivity index (χ2n) is 6.69.